The van der Waals surface area contributed by atoms with E-state index in [4.69, 9.17) is 5.11 Å². The standard InChI is InChI=1S/C15H17NO2S/c1-10-5-3-4-6-14(10)11(2)16-8-13-7-12(9-19-13)15(17)18/h3-7,9,11,16H,8H2,1-2H3,(H,17,18)/t11-/m0/s1. The molecule has 0 aliphatic carbocycles. The number of hydrogen-bond acceptors (Lipinski definition) is 3. The van der Waals surface area contributed by atoms with Crippen LogP contribution < -0.4 is 5.32 Å². The van der Waals surface area contributed by atoms with E-state index in [2.05, 4.69) is 31.3 Å². The zero-order valence-corrected chi connectivity index (χ0v) is 11.8. The minimum absolute atomic E-state index is 0.247. The summed E-state index contributed by atoms with van der Waals surface area (Å²) in [4.78, 5) is 11.8. The van der Waals surface area contributed by atoms with E-state index in [9.17, 15) is 4.79 Å². The van der Waals surface area contributed by atoms with Gasteiger partial charge in [0.15, 0.2) is 0 Å². The van der Waals surface area contributed by atoms with Crippen LogP contribution in [0.25, 0.3) is 0 Å². The molecular formula is C15H17NO2S. The van der Waals surface area contributed by atoms with Gasteiger partial charge in [-0.05, 0) is 31.0 Å². The maximum absolute atomic E-state index is 10.8. The average Bonchev–Trinajstić information content (AvgIpc) is 2.85. The van der Waals surface area contributed by atoms with Crippen LogP contribution in [0.1, 0.15) is 39.3 Å². The lowest BCUT2D eigenvalue weighted by molar-refractivity contribution is 0.0697. The molecule has 1 aromatic heterocycles. The molecule has 19 heavy (non-hydrogen) atoms. The largest absolute Gasteiger partial charge is 0.478 e. The molecule has 100 valence electrons. The van der Waals surface area contributed by atoms with Crippen molar-refractivity contribution in [3.8, 4) is 0 Å². The van der Waals surface area contributed by atoms with E-state index in [1.165, 1.54) is 22.5 Å². The highest BCUT2D eigenvalue weighted by Crippen LogP contribution is 2.19. The summed E-state index contributed by atoms with van der Waals surface area (Å²) in [5.41, 5.74) is 2.91. The zero-order chi connectivity index (χ0) is 13.8. The van der Waals surface area contributed by atoms with Crippen molar-refractivity contribution in [3.05, 3.63) is 57.3 Å². The molecule has 0 saturated heterocycles. The Kier molecular flexibility index (Phi) is 4.35. The molecule has 1 aromatic carbocycles. The maximum Gasteiger partial charge on any atom is 0.336 e. The average molecular weight is 275 g/mol. The predicted molar refractivity (Wildman–Crippen MR) is 77.7 cm³/mol. The molecule has 2 rings (SSSR count). The summed E-state index contributed by atoms with van der Waals surface area (Å²) in [6.45, 7) is 4.91. The second kappa shape index (κ2) is 5.99. The summed E-state index contributed by atoms with van der Waals surface area (Å²) in [5.74, 6) is -0.866. The molecule has 3 nitrogen and oxygen atoms in total. The third kappa shape index (κ3) is 3.43. The Balaban J connectivity index is 1.98. The summed E-state index contributed by atoms with van der Waals surface area (Å²) >= 11 is 1.48. The van der Waals surface area contributed by atoms with Crippen LogP contribution in [-0.2, 0) is 6.54 Å². The molecule has 1 atom stereocenters. The number of rotatable bonds is 5. The molecule has 2 N–H and O–H groups in total. The van der Waals surface area contributed by atoms with E-state index in [-0.39, 0.29) is 6.04 Å². The van der Waals surface area contributed by atoms with Crippen molar-refractivity contribution in [2.45, 2.75) is 26.4 Å². The van der Waals surface area contributed by atoms with Gasteiger partial charge in [-0.1, -0.05) is 24.3 Å². The van der Waals surface area contributed by atoms with Crippen LogP contribution in [0.4, 0.5) is 0 Å². The Morgan fingerprint density at radius 1 is 1.42 bits per heavy atom. The number of carboxylic acids is 1. The van der Waals surface area contributed by atoms with E-state index in [0.717, 1.165) is 4.88 Å². The topological polar surface area (TPSA) is 49.3 Å². The van der Waals surface area contributed by atoms with Crippen molar-refractivity contribution in [2.75, 3.05) is 0 Å². The van der Waals surface area contributed by atoms with Crippen molar-refractivity contribution >= 4 is 17.3 Å². The molecule has 1 heterocycles. The second-order valence-corrected chi connectivity index (χ2v) is 5.56. The van der Waals surface area contributed by atoms with E-state index in [1.807, 2.05) is 12.1 Å². The van der Waals surface area contributed by atoms with Gasteiger partial charge in [0, 0.05) is 22.8 Å². The lowest BCUT2D eigenvalue weighted by Gasteiger charge is -2.15. The number of aromatic carboxylic acids is 1. The fourth-order valence-electron chi connectivity index (χ4n) is 2.02. The minimum atomic E-state index is -0.866. The van der Waals surface area contributed by atoms with Gasteiger partial charge in [-0.15, -0.1) is 11.3 Å². The Morgan fingerprint density at radius 3 is 2.79 bits per heavy atom. The Labute approximate surface area is 116 Å². The predicted octanol–water partition coefficient (Wildman–Crippen LogP) is 3.61. The van der Waals surface area contributed by atoms with Crippen molar-refractivity contribution in [2.24, 2.45) is 0 Å². The molecule has 2 aromatic rings. The normalized spacial score (nSPS) is 12.3. The number of carboxylic acid groups (broad SMARTS) is 1. The molecule has 0 spiro atoms. The fourth-order valence-corrected chi connectivity index (χ4v) is 2.83. The van der Waals surface area contributed by atoms with Gasteiger partial charge in [-0.2, -0.15) is 0 Å². The van der Waals surface area contributed by atoms with E-state index >= 15 is 0 Å². The number of thiophene rings is 1. The van der Waals surface area contributed by atoms with Crippen LogP contribution in [0.5, 0.6) is 0 Å². The Morgan fingerprint density at radius 2 is 2.16 bits per heavy atom. The molecule has 4 heteroatoms. The lowest BCUT2D eigenvalue weighted by Crippen LogP contribution is -2.18. The fraction of sp³-hybridized carbons (Fsp3) is 0.267. The monoisotopic (exact) mass is 275 g/mol. The van der Waals surface area contributed by atoms with Crippen LogP contribution in [-0.4, -0.2) is 11.1 Å². The summed E-state index contributed by atoms with van der Waals surface area (Å²) < 4.78 is 0. The number of hydrogen-bond donors (Lipinski definition) is 2. The van der Waals surface area contributed by atoms with Crippen LogP contribution >= 0.6 is 11.3 Å². The summed E-state index contributed by atoms with van der Waals surface area (Å²) in [5, 5.41) is 14.0. The van der Waals surface area contributed by atoms with Crippen molar-refractivity contribution in [1.29, 1.82) is 0 Å². The van der Waals surface area contributed by atoms with Gasteiger partial charge >= 0.3 is 5.97 Å². The van der Waals surface area contributed by atoms with Gasteiger partial charge in [0.25, 0.3) is 0 Å². The smallest absolute Gasteiger partial charge is 0.336 e. The summed E-state index contributed by atoms with van der Waals surface area (Å²) in [7, 11) is 0. The molecule has 0 aliphatic heterocycles. The molecule has 0 bridgehead atoms. The molecule has 0 aliphatic rings. The van der Waals surface area contributed by atoms with Gasteiger partial charge in [0.05, 0.1) is 5.56 Å². The number of nitrogens with one attached hydrogen (secondary N) is 1. The Hall–Kier alpha value is -1.65. The van der Waals surface area contributed by atoms with Crippen LogP contribution in [0.15, 0.2) is 35.7 Å². The highest BCUT2D eigenvalue weighted by molar-refractivity contribution is 7.10. The van der Waals surface area contributed by atoms with E-state index < -0.39 is 5.97 Å². The quantitative estimate of drug-likeness (QED) is 0.876. The molecule has 0 fully saturated rings. The second-order valence-electron chi connectivity index (χ2n) is 4.57. The molecular weight excluding hydrogens is 258 g/mol. The van der Waals surface area contributed by atoms with E-state index in [0.29, 0.717) is 12.1 Å². The number of aryl methyl sites for hydroxylation is 1. The van der Waals surface area contributed by atoms with Gasteiger partial charge in [-0.25, -0.2) is 4.79 Å². The first-order valence-electron chi connectivity index (χ1n) is 6.17. The third-order valence-corrected chi connectivity index (χ3v) is 4.07. The first-order valence-corrected chi connectivity index (χ1v) is 7.05. The van der Waals surface area contributed by atoms with Crippen LogP contribution in [0.3, 0.4) is 0 Å². The third-order valence-electron chi connectivity index (χ3n) is 3.14. The van der Waals surface area contributed by atoms with Crippen molar-refractivity contribution in [3.63, 3.8) is 0 Å². The Bertz CT molecular complexity index is 577. The minimum Gasteiger partial charge on any atom is -0.478 e. The SMILES string of the molecule is Cc1ccccc1[C@H](C)NCc1cc(C(=O)O)cs1. The highest BCUT2D eigenvalue weighted by atomic mass is 32.1. The zero-order valence-electron chi connectivity index (χ0n) is 11.0. The summed E-state index contributed by atoms with van der Waals surface area (Å²) in [6, 6.07) is 10.3. The van der Waals surface area contributed by atoms with Crippen molar-refractivity contribution in [1.82, 2.24) is 5.32 Å². The molecule has 0 unspecified atom stereocenters. The number of benzene rings is 1. The van der Waals surface area contributed by atoms with Gasteiger partial charge in [-0.3, -0.25) is 0 Å². The number of carbonyl (C=O) groups is 1. The molecule has 0 radical (unpaired) electrons. The summed E-state index contributed by atoms with van der Waals surface area (Å²) in [6.07, 6.45) is 0. The lowest BCUT2D eigenvalue weighted by atomic mass is 10.0. The van der Waals surface area contributed by atoms with Gasteiger partial charge in [0.2, 0.25) is 0 Å². The first kappa shape index (κ1) is 13.8. The van der Waals surface area contributed by atoms with Crippen LogP contribution in [0.2, 0.25) is 0 Å². The molecule has 0 saturated carbocycles. The van der Waals surface area contributed by atoms with Gasteiger partial charge < -0.3 is 10.4 Å². The van der Waals surface area contributed by atoms with Crippen molar-refractivity contribution < 1.29 is 9.90 Å². The maximum atomic E-state index is 10.8. The van der Waals surface area contributed by atoms with E-state index in [1.54, 1.807) is 11.4 Å². The molecule has 0 amide bonds. The van der Waals surface area contributed by atoms with Crippen LogP contribution in [0, 0.1) is 6.92 Å². The highest BCUT2D eigenvalue weighted by Gasteiger charge is 2.09. The first-order chi connectivity index (χ1) is 9.08. The van der Waals surface area contributed by atoms with Gasteiger partial charge in [0.1, 0.15) is 0 Å².